The van der Waals surface area contributed by atoms with E-state index in [1.54, 1.807) is 6.33 Å². The van der Waals surface area contributed by atoms with E-state index in [9.17, 15) is 4.79 Å². The normalized spacial score (nSPS) is 21.8. The average molecular weight is 357 g/mol. The van der Waals surface area contributed by atoms with E-state index in [1.807, 2.05) is 23.1 Å². The number of H-pyrrole nitrogens is 1. The van der Waals surface area contributed by atoms with Crippen LogP contribution in [0.15, 0.2) is 24.5 Å². The monoisotopic (exact) mass is 357 g/mol. The van der Waals surface area contributed by atoms with Gasteiger partial charge in [0.2, 0.25) is 0 Å². The summed E-state index contributed by atoms with van der Waals surface area (Å²) < 4.78 is 5.42. The van der Waals surface area contributed by atoms with Gasteiger partial charge in [-0.05, 0) is 36.5 Å². The third-order valence-electron chi connectivity index (χ3n) is 5.35. The highest BCUT2D eigenvalue weighted by atomic mass is 16.5. The third kappa shape index (κ3) is 4.16. The van der Waals surface area contributed by atoms with E-state index in [-0.39, 0.29) is 6.03 Å². The zero-order valence-corrected chi connectivity index (χ0v) is 15.1. The van der Waals surface area contributed by atoms with Gasteiger partial charge in [-0.15, -0.1) is 0 Å². The van der Waals surface area contributed by atoms with Crippen LogP contribution in [0.4, 0.5) is 4.79 Å². The number of rotatable bonds is 4. The lowest BCUT2D eigenvalue weighted by Gasteiger charge is -2.36. The molecule has 1 atom stereocenters. The number of nitrogens with zero attached hydrogens (tertiary/aromatic N) is 3. The molecule has 2 saturated heterocycles. The van der Waals surface area contributed by atoms with E-state index >= 15 is 0 Å². The number of likely N-dealkylation sites (tertiary alicyclic amines) is 1. The Labute approximate surface area is 153 Å². The highest BCUT2D eigenvalue weighted by molar-refractivity contribution is 5.76. The number of carbonyl (C=O) groups excluding carboxylic acids is 1. The molecule has 7 nitrogen and oxygen atoms in total. The van der Waals surface area contributed by atoms with Crippen molar-refractivity contribution in [2.45, 2.75) is 19.4 Å². The second-order valence-electron chi connectivity index (χ2n) is 7.28. The van der Waals surface area contributed by atoms with Crippen molar-refractivity contribution < 1.29 is 9.53 Å². The molecule has 2 N–H and O–H groups in total. The van der Waals surface area contributed by atoms with Gasteiger partial charge in [0.25, 0.3) is 0 Å². The molecular formula is C19H27N5O2. The molecule has 2 fully saturated rings. The fourth-order valence-corrected chi connectivity index (χ4v) is 3.93. The zero-order valence-electron chi connectivity index (χ0n) is 15.1. The van der Waals surface area contributed by atoms with Crippen LogP contribution >= 0.6 is 0 Å². The summed E-state index contributed by atoms with van der Waals surface area (Å²) in [5.41, 5.74) is 3.03. The molecule has 4 rings (SSSR count). The number of benzene rings is 1. The van der Waals surface area contributed by atoms with E-state index in [0.717, 1.165) is 69.0 Å². The van der Waals surface area contributed by atoms with Crippen LogP contribution in [0.25, 0.3) is 11.0 Å². The minimum Gasteiger partial charge on any atom is -0.379 e. The highest BCUT2D eigenvalue weighted by Crippen LogP contribution is 2.18. The number of nitrogens with one attached hydrogen (secondary N) is 2. The summed E-state index contributed by atoms with van der Waals surface area (Å²) in [6.07, 6.45) is 3.98. The third-order valence-corrected chi connectivity index (χ3v) is 5.35. The molecule has 26 heavy (non-hydrogen) atoms. The second kappa shape index (κ2) is 8.05. The lowest BCUT2D eigenvalue weighted by atomic mass is 9.97. The molecule has 0 unspecified atom stereocenters. The van der Waals surface area contributed by atoms with Gasteiger partial charge in [0, 0.05) is 39.3 Å². The zero-order chi connectivity index (χ0) is 17.8. The van der Waals surface area contributed by atoms with Crippen molar-refractivity contribution in [3.05, 3.63) is 30.1 Å². The van der Waals surface area contributed by atoms with Gasteiger partial charge in [-0.3, -0.25) is 4.90 Å². The summed E-state index contributed by atoms with van der Waals surface area (Å²) in [6.45, 7) is 7.00. The van der Waals surface area contributed by atoms with E-state index in [4.69, 9.17) is 4.74 Å². The Morgan fingerprint density at radius 3 is 3.08 bits per heavy atom. The average Bonchev–Trinajstić information content (AvgIpc) is 3.15. The van der Waals surface area contributed by atoms with Crippen LogP contribution in [0, 0.1) is 5.92 Å². The lowest BCUT2D eigenvalue weighted by Crippen LogP contribution is -2.48. The molecule has 1 aromatic carbocycles. The number of urea groups is 1. The standard InChI is InChI=1S/C19H27N5O2/c25-19(20-11-15-3-4-17-18(10-15)22-14-21-17)24-5-1-2-16(13-24)12-23-6-8-26-9-7-23/h3-4,10,14,16H,1-2,5-9,11-13H2,(H,20,25)(H,21,22)/t16-/m1/s1. The fraction of sp³-hybridized carbons (Fsp3) is 0.579. The number of hydrogen-bond donors (Lipinski definition) is 2. The van der Waals surface area contributed by atoms with Gasteiger partial charge in [0.1, 0.15) is 0 Å². The van der Waals surface area contributed by atoms with Gasteiger partial charge in [-0.25, -0.2) is 9.78 Å². The lowest BCUT2D eigenvalue weighted by molar-refractivity contribution is 0.0249. The number of hydrogen-bond acceptors (Lipinski definition) is 4. The molecule has 0 aliphatic carbocycles. The van der Waals surface area contributed by atoms with E-state index in [2.05, 4.69) is 20.2 Å². The molecule has 2 aromatic rings. The van der Waals surface area contributed by atoms with Gasteiger partial charge in [-0.2, -0.15) is 0 Å². The molecular weight excluding hydrogens is 330 g/mol. The highest BCUT2D eigenvalue weighted by Gasteiger charge is 2.25. The van der Waals surface area contributed by atoms with Crippen molar-refractivity contribution in [3.8, 4) is 0 Å². The fourth-order valence-electron chi connectivity index (χ4n) is 3.93. The van der Waals surface area contributed by atoms with Crippen LogP contribution in [0.3, 0.4) is 0 Å². The van der Waals surface area contributed by atoms with Crippen LogP contribution in [-0.2, 0) is 11.3 Å². The van der Waals surface area contributed by atoms with Crippen LogP contribution < -0.4 is 5.32 Å². The SMILES string of the molecule is O=C(NCc1ccc2nc[nH]c2c1)N1CCC[C@H](CN2CCOCC2)C1. The Balaban J connectivity index is 1.28. The topological polar surface area (TPSA) is 73.5 Å². The molecule has 7 heteroatoms. The number of amides is 2. The van der Waals surface area contributed by atoms with Crippen molar-refractivity contribution in [1.29, 1.82) is 0 Å². The number of piperidine rings is 1. The predicted octanol–water partition coefficient (Wildman–Crippen LogP) is 1.82. The molecule has 2 amide bonds. The summed E-state index contributed by atoms with van der Waals surface area (Å²) in [4.78, 5) is 24.4. The maximum Gasteiger partial charge on any atom is 0.317 e. The summed E-state index contributed by atoms with van der Waals surface area (Å²) in [5.74, 6) is 0.564. The number of aromatic nitrogens is 2. The Bertz CT molecular complexity index is 740. The molecule has 1 aromatic heterocycles. The van der Waals surface area contributed by atoms with E-state index in [1.165, 1.54) is 6.42 Å². The number of imidazole rings is 1. The summed E-state index contributed by atoms with van der Waals surface area (Å²) in [5, 5.41) is 3.07. The summed E-state index contributed by atoms with van der Waals surface area (Å²) in [6, 6.07) is 6.08. The molecule has 3 heterocycles. The largest absolute Gasteiger partial charge is 0.379 e. The minimum atomic E-state index is 0.0429. The number of carbonyl (C=O) groups is 1. The quantitative estimate of drug-likeness (QED) is 0.875. The molecule has 0 saturated carbocycles. The molecule has 0 radical (unpaired) electrons. The predicted molar refractivity (Wildman–Crippen MR) is 99.9 cm³/mol. The molecule has 2 aliphatic rings. The maximum atomic E-state index is 12.6. The van der Waals surface area contributed by atoms with Crippen LogP contribution in [0.2, 0.25) is 0 Å². The minimum absolute atomic E-state index is 0.0429. The summed E-state index contributed by atoms with van der Waals surface area (Å²) in [7, 11) is 0. The number of morpholine rings is 1. The second-order valence-corrected chi connectivity index (χ2v) is 7.28. The van der Waals surface area contributed by atoms with Crippen molar-refractivity contribution in [1.82, 2.24) is 25.1 Å². The van der Waals surface area contributed by atoms with Crippen LogP contribution in [0.5, 0.6) is 0 Å². The van der Waals surface area contributed by atoms with Gasteiger partial charge in [0.05, 0.1) is 30.6 Å². The Morgan fingerprint density at radius 2 is 2.19 bits per heavy atom. The van der Waals surface area contributed by atoms with Gasteiger partial charge in [0.15, 0.2) is 0 Å². The molecule has 0 spiro atoms. The Morgan fingerprint density at radius 1 is 1.31 bits per heavy atom. The van der Waals surface area contributed by atoms with Crippen molar-refractivity contribution in [2.24, 2.45) is 5.92 Å². The van der Waals surface area contributed by atoms with Crippen molar-refractivity contribution >= 4 is 17.1 Å². The van der Waals surface area contributed by atoms with Crippen molar-refractivity contribution in [2.75, 3.05) is 45.9 Å². The van der Waals surface area contributed by atoms with E-state index < -0.39 is 0 Å². The molecule has 2 aliphatic heterocycles. The molecule has 0 bridgehead atoms. The maximum absolute atomic E-state index is 12.6. The number of aromatic amines is 1. The van der Waals surface area contributed by atoms with Crippen LogP contribution in [-0.4, -0.2) is 71.7 Å². The number of fused-ring (bicyclic) bond motifs is 1. The van der Waals surface area contributed by atoms with Crippen molar-refractivity contribution in [3.63, 3.8) is 0 Å². The first-order chi connectivity index (χ1) is 12.8. The van der Waals surface area contributed by atoms with E-state index in [0.29, 0.717) is 12.5 Å². The Hall–Kier alpha value is -2.12. The smallest absolute Gasteiger partial charge is 0.317 e. The Kier molecular flexibility index (Phi) is 5.36. The van der Waals surface area contributed by atoms with Gasteiger partial charge < -0.3 is 19.9 Å². The first-order valence-corrected chi connectivity index (χ1v) is 9.53. The number of ether oxygens (including phenoxy) is 1. The summed E-state index contributed by atoms with van der Waals surface area (Å²) >= 11 is 0. The van der Waals surface area contributed by atoms with Crippen LogP contribution in [0.1, 0.15) is 18.4 Å². The molecule has 140 valence electrons. The first kappa shape index (κ1) is 17.3. The first-order valence-electron chi connectivity index (χ1n) is 9.53. The van der Waals surface area contributed by atoms with Gasteiger partial charge in [-0.1, -0.05) is 6.07 Å². The van der Waals surface area contributed by atoms with Gasteiger partial charge >= 0.3 is 6.03 Å².